The van der Waals surface area contributed by atoms with Crippen LogP contribution < -0.4 is 27.8 Å². The van der Waals surface area contributed by atoms with E-state index in [0.717, 1.165) is 4.57 Å². The Kier molecular flexibility index (Phi) is 10.4. The summed E-state index contributed by atoms with van der Waals surface area (Å²) in [6.45, 7) is 1.39. The molecule has 15 heteroatoms. The third-order valence-corrected chi connectivity index (χ3v) is 5.48. The maximum atomic E-state index is 12.8. The molecule has 2 atom stereocenters. The summed E-state index contributed by atoms with van der Waals surface area (Å²) in [5.74, 6) is -5.40. The Morgan fingerprint density at radius 2 is 1.71 bits per heavy atom. The van der Waals surface area contributed by atoms with E-state index in [-0.39, 0.29) is 36.7 Å². The van der Waals surface area contributed by atoms with Gasteiger partial charge in [-0.15, -0.1) is 0 Å². The van der Waals surface area contributed by atoms with Gasteiger partial charge in [0.2, 0.25) is 17.7 Å². The molecule has 9 N–H and O–H groups in total. The minimum Gasteiger partial charge on any atom is -0.493 e. The van der Waals surface area contributed by atoms with Gasteiger partial charge in [0.05, 0.1) is 12.1 Å². The Bertz CT molecular complexity index is 1250. The Morgan fingerprint density at radius 3 is 2.26 bits per heavy atom. The monoisotopic (exact) mass is 533 g/mol. The Labute approximate surface area is 216 Å². The number of carboxylic acid groups (broad SMARTS) is 2. The maximum absolute atomic E-state index is 12.8. The molecule has 2 rings (SSSR count). The fraction of sp³-hybridized carbons (Fsp3) is 0.391. The van der Waals surface area contributed by atoms with Crippen LogP contribution in [-0.2, 0) is 38.7 Å². The zero-order valence-corrected chi connectivity index (χ0v) is 20.7. The van der Waals surface area contributed by atoms with E-state index >= 15 is 0 Å². The second-order valence-corrected chi connectivity index (χ2v) is 8.20. The van der Waals surface area contributed by atoms with E-state index in [4.69, 9.17) is 11.5 Å². The van der Waals surface area contributed by atoms with Gasteiger partial charge in [-0.25, -0.2) is 9.59 Å². The Balaban J connectivity index is 2.20. The van der Waals surface area contributed by atoms with Crippen LogP contribution in [0.1, 0.15) is 37.1 Å². The molecule has 0 aliphatic carbocycles. The summed E-state index contributed by atoms with van der Waals surface area (Å²) in [6, 6.07) is 4.56. The number of nitrogens with zero attached hydrogens (tertiary/aromatic N) is 3. The van der Waals surface area contributed by atoms with E-state index in [1.54, 1.807) is 25.1 Å². The lowest BCUT2D eigenvalue weighted by Crippen LogP contribution is -2.50. The third-order valence-electron chi connectivity index (χ3n) is 5.48. The zero-order chi connectivity index (χ0) is 28.4. The normalized spacial score (nSPS) is 12.2. The number of aliphatic carboxylic acids is 2. The molecule has 15 nitrogen and oxygen atoms in total. The van der Waals surface area contributed by atoms with Crippen LogP contribution in [0.25, 0.3) is 0 Å². The van der Waals surface area contributed by atoms with Crippen molar-refractivity contribution in [2.45, 2.75) is 51.4 Å². The molecular weight excluding hydrogens is 502 g/mol. The van der Waals surface area contributed by atoms with E-state index in [9.17, 15) is 39.3 Å². The van der Waals surface area contributed by atoms with Gasteiger partial charge >= 0.3 is 17.6 Å². The molecule has 1 heterocycles. The number of carbonyl (C=O) groups is 4. The van der Waals surface area contributed by atoms with Gasteiger partial charge in [-0.2, -0.15) is 0 Å². The first-order valence-corrected chi connectivity index (χ1v) is 11.6. The maximum Gasteiger partial charge on any atom is 0.331 e. The Hall–Kier alpha value is -4.82. The molecule has 0 aliphatic heterocycles. The lowest BCUT2D eigenvalue weighted by Gasteiger charge is -2.20. The van der Waals surface area contributed by atoms with Gasteiger partial charge in [0.1, 0.15) is 12.6 Å². The van der Waals surface area contributed by atoms with E-state index in [1.807, 2.05) is 0 Å². The van der Waals surface area contributed by atoms with Crippen LogP contribution in [0, 0.1) is 0 Å². The van der Waals surface area contributed by atoms with Crippen molar-refractivity contribution in [1.82, 2.24) is 19.8 Å². The summed E-state index contributed by atoms with van der Waals surface area (Å²) >= 11 is 0. The molecule has 1 aromatic heterocycles. The van der Waals surface area contributed by atoms with Gasteiger partial charge in [0, 0.05) is 13.1 Å². The van der Waals surface area contributed by atoms with E-state index in [0.29, 0.717) is 6.42 Å². The minimum atomic E-state index is -1.66. The van der Waals surface area contributed by atoms with Gasteiger partial charge in [-0.3, -0.25) is 28.5 Å². The van der Waals surface area contributed by atoms with Crippen molar-refractivity contribution >= 4 is 29.7 Å². The molecule has 0 aliphatic rings. The predicted molar refractivity (Wildman–Crippen MR) is 134 cm³/mol. The van der Waals surface area contributed by atoms with Crippen molar-refractivity contribution in [1.29, 1.82) is 0 Å². The van der Waals surface area contributed by atoms with Crippen molar-refractivity contribution in [2.24, 2.45) is 16.5 Å². The zero-order valence-electron chi connectivity index (χ0n) is 20.7. The van der Waals surface area contributed by atoms with Crippen LogP contribution in [0.5, 0.6) is 5.88 Å². The van der Waals surface area contributed by atoms with Crippen molar-refractivity contribution in [2.75, 3.05) is 6.54 Å². The number of nitrogens with two attached hydrogens (primary N) is 2. The SMILES string of the molecule is CCn1c(CCCN=C(N)N)c(O)n(CC(=O)N[C@@H](CC(=O)O)C(=O)N[C@@H](C(=O)O)c2ccccc2)c1=O. The van der Waals surface area contributed by atoms with E-state index in [2.05, 4.69) is 15.6 Å². The first-order chi connectivity index (χ1) is 18.0. The van der Waals surface area contributed by atoms with E-state index < -0.39 is 60.4 Å². The highest BCUT2D eigenvalue weighted by Crippen LogP contribution is 2.18. The molecule has 0 spiro atoms. The lowest BCUT2D eigenvalue weighted by molar-refractivity contribution is -0.143. The fourth-order valence-electron chi connectivity index (χ4n) is 3.74. The van der Waals surface area contributed by atoms with Crippen LogP contribution in [0.2, 0.25) is 0 Å². The van der Waals surface area contributed by atoms with Crippen molar-refractivity contribution in [3.05, 3.63) is 52.1 Å². The third kappa shape index (κ3) is 7.84. The number of hydrogen-bond donors (Lipinski definition) is 7. The molecule has 0 saturated heterocycles. The molecule has 206 valence electrons. The number of benzene rings is 1. The highest BCUT2D eigenvalue weighted by atomic mass is 16.4. The number of aliphatic imine (C=N–C) groups is 1. The lowest BCUT2D eigenvalue weighted by atomic mass is 10.1. The molecule has 2 amide bonds. The molecule has 0 fully saturated rings. The second kappa shape index (κ2) is 13.5. The smallest absolute Gasteiger partial charge is 0.331 e. The molecule has 0 bridgehead atoms. The van der Waals surface area contributed by atoms with Crippen LogP contribution in [0.4, 0.5) is 0 Å². The average molecular weight is 534 g/mol. The highest BCUT2D eigenvalue weighted by Gasteiger charge is 2.30. The standard InChI is InChI=1S/C23H31N7O8/c1-2-29-15(9-6-10-26-22(24)25)20(35)30(23(29)38)12-16(31)27-14(11-17(32)33)19(34)28-18(21(36)37)13-7-4-3-5-8-13/h3-5,7-8,14,18,35H,2,6,9-12H2,1H3,(H,27,31)(H,28,34)(H,32,33)(H,36,37)(H4,24,25,26)/t14-,18+/m0/s1. The largest absolute Gasteiger partial charge is 0.493 e. The second-order valence-electron chi connectivity index (χ2n) is 8.20. The first-order valence-electron chi connectivity index (χ1n) is 11.6. The van der Waals surface area contributed by atoms with Gasteiger partial charge in [0.15, 0.2) is 12.0 Å². The van der Waals surface area contributed by atoms with Crippen molar-refractivity contribution in [3.8, 4) is 5.88 Å². The van der Waals surface area contributed by atoms with E-state index in [1.165, 1.54) is 16.7 Å². The molecule has 1 aromatic carbocycles. The summed E-state index contributed by atoms with van der Waals surface area (Å²) < 4.78 is 2.05. The number of amides is 2. The highest BCUT2D eigenvalue weighted by molar-refractivity contribution is 5.93. The van der Waals surface area contributed by atoms with Gasteiger partial charge in [0.25, 0.3) is 0 Å². The molecular formula is C23H31N7O8. The molecule has 38 heavy (non-hydrogen) atoms. The van der Waals surface area contributed by atoms with Crippen LogP contribution >= 0.6 is 0 Å². The van der Waals surface area contributed by atoms with Crippen molar-refractivity contribution in [3.63, 3.8) is 0 Å². The average Bonchev–Trinajstić information content (AvgIpc) is 3.07. The van der Waals surface area contributed by atoms with Gasteiger partial charge < -0.3 is 37.4 Å². The quantitative estimate of drug-likeness (QED) is 0.0839. The number of aromatic nitrogens is 2. The first kappa shape index (κ1) is 29.4. The molecule has 0 saturated carbocycles. The number of nitrogens with one attached hydrogen (secondary N) is 2. The number of aromatic hydroxyl groups is 1. The molecule has 2 aromatic rings. The summed E-state index contributed by atoms with van der Waals surface area (Å²) in [5, 5.41) is 33.8. The predicted octanol–water partition coefficient (Wildman–Crippen LogP) is -1.52. The van der Waals surface area contributed by atoms with Crippen LogP contribution in [0.3, 0.4) is 0 Å². The number of carbonyl (C=O) groups excluding carboxylic acids is 2. The number of guanidine groups is 1. The topological polar surface area (TPSA) is 244 Å². The summed E-state index contributed by atoms with van der Waals surface area (Å²) in [4.78, 5) is 65.2. The minimum absolute atomic E-state index is 0.102. The Morgan fingerprint density at radius 1 is 1.05 bits per heavy atom. The molecule has 0 unspecified atom stereocenters. The molecule has 0 radical (unpaired) electrons. The summed E-state index contributed by atoms with van der Waals surface area (Å²) in [7, 11) is 0. The summed E-state index contributed by atoms with van der Waals surface area (Å²) in [5.41, 5.74) is 10.4. The number of imidazole rings is 1. The van der Waals surface area contributed by atoms with Crippen LogP contribution in [-0.4, -0.2) is 66.8 Å². The number of hydrogen-bond acceptors (Lipinski definition) is 7. The fourth-order valence-corrected chi connectivity index (χ4v) is 3.74. The number of carboxylic acids is 2. The van der Waals surface area contributed by atoms with Crippen LogP contribution in [0.15, 0.2) is 40.1 Å². The van der Waals surface area contributed by atoms with Crippen molar-refractivity contribution < 1.29 is 34.5 Å². The van der Waals surface area contributed by atoms with Gasteiger partial charge in [-0.05, 0) is 25.3 Å². The van der Waals surface area contributed by atoms with Gasteiger partial charge in [-0.1, -0.05) is 30.3 Å². The summed E-state index contributed by atoms with van der Waals surface area (Å²) in [6.07, 6.45) is -0.236. The number of rotatable bonds is 14.